The number of hydrogen-bond acceptors (Lipinski definition) is 4. The van der Waals surface area contributed by atoms with Gasteiger partial charge in [0.05, 0.1) is 12.1 Å². The molecule has 1 amide bonds. The van der Waals surface area contributed by atoms with E-state index in [9.17, 15) is 4.79 Å². The lowest BCUT2D eigenvalue weighted by Gasteiger charge is -2.24. The van der Waals surface area contributed by atoms with Crippen LogP contribution in [-0.4, -0.2) is 29.6 Å². The summed E-state index contributed by atoms with van der Waals surface area (Å²) in [5.74, 6) is 0.332. The van der Waals surface area contributed by atoms with Gasteiger partial charge < -0.3 is 15.4 Å². The highest BCUT2D eigenvalue weighted by molar-refractivity contribution is 5.98. The van der Waals surface area contributed by atoms with Crippen LogP contribution in [0, 0.1) is 0 Å². The minimum atomic E-state index is -0.631. The summed E-state index contributed by atoms with van der Waals surface area (Å²) in [6.07, 6.45) is 1.64. The number of carbonyl (C=O) groups excluding carboxylic acids is 1. The number of ether oxygens (including phenoxy) is 1. The molecule has 0 radical (unpaired) electrons. The van der Waals surface area contributed by atoms with Crippen molar-refractivity contribution in [2.75, 3.05) is 18.5 Å². The van der Waals surface area contributed by atoms with Crippen molar-refractivity contribution in [1.82, 2.24) is 10.3 Å². The molecule has 0 saturated heterocycles. The van der Waals surface area contributed by atoms with Gasteiger partial charge in [0.25, 0.3) is 0 Å². The molecule has 2 N–H and O–H groups in total. The molecule has 0 unspecified atom stereocenters. The van der Waals surface area contributed by atoms with Gasteiger partial charge in [0, 0.05) is 6.20 Å². The Balaban J connectivity index is 2.81. The molecule has 0 fully saturated rings. The monoisotopic (exact) mass is 251 g/mol. The van der Waals surface area contributed by atoms with E-state index in [1.807, 2.05) is 27.7 Å². The van der Waals surface area contributed by atoms with E-state index in [1.54, 1.807) is 18.3 Å². The molecule has 0 bridgehead atoms. The highest BCUT2D eigenvalue weighted by Crippen LogP contribution is 2.21. The Morgan fingerprint density at radius 2 is 2.17 bits per heavy atom. The predicted octanol–water partition coefficient (Wildman–Crippen LogP) is 1.81. The minimum absolute atomic E-state index is 0.113. The van der Waals surface area contributed by atoms with Gasteiger partial charge in [0.2, 0.25) is 11.8 Å². The fourth-order valence-electron chi connectivity index (χ4n) is 1.54. The lowest BCUT2D eigenvalue weighted by atomic mass is 10.0. The first-order valence-electron chi connectivity index (χ1n) is 6.15. The largest absolute Gasteiger partial charge is 0.476 e. The molecule has 0 aliphatic carbocycles. The smallest absolute Gasteiger partial charge is 0.244 e. The van der Waals surface area contributed by atoms with Gasteiger partial charge in [-0.2, -0.15) is 0 Å². The van der Waals surface area contributed by atoms with Gasteiger partial charge in [-0.25, -0.2) is 4.98 Å². The van der Waals surface area contributed by atoms with Crippen LogP contribution in [0.25, 0.3) is 0 Å². The van der Waals surface area contributed by atoms with Crippen molar-refractivity contribution in [2.24, 2.45) is 0 Å². The number of carbonyl (C=O) groups is 1. The van der Waals surface area contributed by atoms with Crippen LogP contribution >= 0.6 is 0 Å². The number of nitrogens with zero attached hydrogens (tertiary/aromatic N) is 1. The van der Waals surface area contributed by atoms with Gasteiger partial charge >= 0.3 is 0 Å². The molecule has 0 spiro atoms. The number of likely N-dealkylation sites (N-methyl/N-ethyl adjacent to an activating group) is 1. The van der Waals surface area contributed by atoms with Crippen molar-refractivity contribution in [3.63, 3.8) is 0 Å². The Kier molecular flexibility index (Phi) is 5.09. The van der Waals surface area contributed by atoms with Crippen LogP contribution in [0.5, 0.6) is 5.88 Å². The van der Waals surface area contributed by atoms with Crippen LogP contribution in [0.1, 0.15) is 27.7 Å². The van der Waals surface area contributed by atoms with E-state index < -0.39 is 5.54 Å². The zero-order valence-electron chi connectivity index (χ0n) is 11.4. The Morgan fingerprint density at radius 3 is 2.78 bits per heavy atom. The molecule has 0 atom stereocenters. The highest BCUT2D eigenvalue weighted by atomic mass is 16.5. The summed E-state index contributed by atoms with van der Waals surface area (Å²) in [6, 6.07) is 3.54. The summed E-state index contributed by atoms with van der Waals surface area (Å²) < 4.78 is 5.36. The minimum Gasteiger partial charge on any atom is -0.476 e. The number of anilines is 1. The van der Waals surface area contributed by atoms with Crippen molar-refractivity contribution in [3.05, 3.63) is 18.3 Å². The third kappa shape index (κ3) is 3.70. The number of aromatic nitrogens is 1. The Labute approximate surface area is 108 Å². The maximum atomic E-state index is 12.1. The summed E-state index contributed by atoms with van der Waals surface area (Å²) in [5.41, 5.74) is -0.0380. The molecule has 5 nitrogen and oxygen atoms in total. The molecule has 1 aromatic heterocycles. The van der Waals surface area contributed by atoms with E-state index in [0.717, 1.165) is 6.54 Å². The molecule has 1 rings (SSSR count). The van der Waals surface area contributed by atoms with Gasteiger partial charge in [-0.05, 0) is 39.4 Å². The first-order valence-corrected chi connectivity index (χ1v) is 6.15. The SMILES string of the molecule is CCNC(C)(C)C(=O)Nc1cccnc1OCC. The summed E-state index contributed by atoms with van der Waals surface area (Å²) in [4.78, 5) is 16.2. The van der Waals surface area contributed by atoms with E-state index >= 15 is 0 Å². The second-order valence-corrected chi connectivity index (χ2v) is 4.40. The molecule has 100 valence electrons. The second-order valence-electron chi connectivity index (χ2n) is 4.40. The van der Waals surface area contributed by atoms with Crippen LogP contribution in [0.3, 0.4) is 0 Å². The molecular formula is C13H21N3O2. The fourth-order valence-corrected chi connectivity index (χ4v) is 1.54. The molecule has 18 heavy (non-hydrogen) atoms. The van der Waals surface area contributed by atoms with Crippen LogP contribution in [-0.2, 0) is 4.79 Å². The third-order valence-electron chi connectivity index (χ3n) is 2.49. The summed E-state index contributed by atoms with van der Waals surface area (Å²) >= 11 is 0. The topological polar surface area (TPSA) is 63.2 Å². The maximum Gasteiger partial charge on any atom is 0.244 e. The molecule has 0 aliphatic rings. The second kappa shape index (κ2) is 6.35. The number of rotatable bonds is 6. The Morgan fingerprint density at radius 1 is 1.44 bits per heavy atom. The van der Waals surface area contributed by atoms with E-state index in [-0.39, 0.29) is 5.91 Å². The first-order chi connectivity index (χ1) is 8.51. The standard InChI is InChI=1S/C13H21N3O2/c1-5-15-13(3,4)12(17)16-10-8-7-9-14-11(10)18-6-2/h7-9,15H,5-6H2,1-4H3,(H,16,17). The summed E-state index contributed by atoms with van der Waals surface area (Å²) in [5, 5.41) is 5.95. The van der Waals surface area contributed by atoms with Gasteiger partial charge in [0.15, 0.2) is 0 Å². The van der Waals surface area contributed by atoms with Gasteiger partial charge in [0.1, 0.15) is 5.69 Å². The van der Waals surface area contributed by atoms with Crippen molar-refractivity contribution < 1.29 is 9.53 Å². The first kappa shape index (κ1) is 14.4. The van der Waals surface area contributed by atoms with E-state index in [2.05, 4.69) is 15.6 Å². The van der Waals surface area contributed by atoms with Crippen LogP contribution < -0.4 is 15.4 Å². The van der Waals surface area contributed by atoms with Crippen molar-refractivity contribution in [1.29, 1.82) is 0 Å². The molecule has 0 aliphatic heterocycles. The molecule has 5 heteroatoms. The predicted molar refractivity (Wildman–Crippen MR) is 71.8 cm³/mol. The Hall–Kier alpha value is -1.62. The van der Waals surface area contributed by atoms with Gasteiger partial charge in [-0.1, -0.05) is 6.92 Å². The van der Waals surface area contributed by atoms with E-state index in [0.29, 0.717) is 18.2 Å². The number of hydrogen-bond donors (Lipinski definition) is 2. The van der Waals surface area contributed by atoms with Crippen LogP contribution in [0.4, 0.5) is 5.69 Å². The molecule has 0 aromatic carbocycles. The molecular weight excluding hydrogens is 230 g/mol. The average Bonchev–Trinajstić information content (AvgIpc) is 2.32. The highest BCUT2D eigenvalue weighted by Gasteiger charge is 2.26. The number of amides is 1. The van der Waals surface area contributed by atoms with Gasteiger partial charge in [-0.3, -0.25) is 4.79 Å². The lowest BCUT2D eigenvalue weighted by Crippen LogP contribution is -2.49. The van der Waals surface area contributed by atoms with Crippen LogP contribution in [0.2, 0.25) is 0 Å². The quantitative estimate of drug-likeness (QED) is 0.809. The zero-order chi connectivity index (χ0) is 13.6. The zero-order valence-corrected chi connectivity index (χ0v) is 11.4. The number of nitrogens with one attached hydrogen (secondary N) is 2. The number of pyridine rings is 1. The van der Waals surface area contributed by atoms with Crippen molar-refractivity contribution >= 4 is 11.6 Å². The van der Waals surface area contributed by atoms with Crippen LogP contribution in [0.15, 0.2) is 18.3 Å². The average molecular weight is 251 g/mol. The molecule has 1 heterocycles. The van der Waals surface area contributed by atoms with Gasteiger partial charge in [-0.15, -0.1) is 0 Å². The maximum absolute atomic E-state index is 12.1. The Bertz CT molecular complexity index is 405. The third-order valence-corrected chi connectivity index (χ3v) is 2.49. The van der Waals surface area contributed by atoms with E-state index in [1.165, 1.54) is 0 Å². The van der Waals surface area contributed by atoms with Crippen molar-refractivity contribution in [3.8, 4) is 5.88 Å². The lowest BCUT2D eigenvalue weighted by molar-refractivity contribution is -0.121. The van der Waals surface area contributed by atoms with E-state index in [4.69, 9.17) is 4.74 Å². The van der Waals surface area contributed by atoms with Crippen molar-refractivity contribution in [2.45, 2.75) is 33.2 Å². The molecule has 0 saturated carbocycles. The summed E-state index contributed by atoms with van der Waals surface area (Å²) in [7, 11) is 0. The molecule has 1 aromatic rings. The summed E-state index contributed by atoms with van der Waals surface area (Å²) in [6.45, 7) is 8.75. The fraction of sp³-hybridized carbons (Fsp3) is 0.538. The normalized spacial score (nSPS) is 11.1.